The summed E-state index contributed by atoms with van der Waals surface area (Å²) in [5.41, 5.74) is 1.12. The summed E-state index contributed by atoms with van der Waals surface area (Å²) in [6, 6.07) is 25.4. The zero-order chi connectivity index (χ0) is 23.9. The van der Waals surface area contributed by atoms with Crippen LogP contribution in [-0.4, -0.2) is 21.7 Å². The van der Waals surface area contributed by atoms with E-state index in [4.69, 9.17) is 4.74 Å². The molecule has 0 fully saturated rings. The van der Waals surface area contributed by atoms with E-state index in [1.807, 2.05) is 30.3 Å². The highest BCUT2D eigenvalue weighted by molar-refractivity contribution is 5.97. The van der Waals surface area contributed by atoms with Crippen LogP contribution in [0.2, 0.25) is 0 Å². The molecule has 0 bridgehead atoms. The SMILES string of the molecule is O=C(OC(C(=O)Nc1ccc(F)cc1)c1ccccc1)c1ccc(=O)n(Cc2ccccc2)n1. The van der Waals surface area contributed by atoms with Crippen molar-refractivity contribution < 1.29 is 18.7 Å². The van der Waals surface area contributed by atoms with E-state index < -0.39 is 23.8 Å². The maximum absolute atomic E-state index is 13.2. The summed E-state index contributed by atoms with van der Waals surface area (Å²) in [6.07, 6.45) is -1.30. The molecular formula is C26H20FN3O4. The van der Waals surface area contributed by atoms with Crippen molar-refractivity contribution in [3.8, 4) is 0 Å². The van der Waals surface area contributed by atoms with Gasteiger partial charge in [-0.25, -0.2) is 13.9 Å². The summed E-state index contributed by atoms with van der Waals surface area (Å²) < 4.78 is 19.9. The van der Waals surface area contributed by atoms with Crippen molar-refractivity contribution in [2.24, 2.45) is 0 Å². The van der Waals surface area contributed by atoms with E-state index in [-0.39, 0.29) is 17.8 Å². The number of anilines is 1. The van der Waals surface area contributed by atoms with Crippen molar-refractivity contribution in [1.82, 2.24) is 9.78 Å². The van der Waals surface area contributed by atoms with Crippen LogP contribution in [0.4, 0.5) is 10.1 Å². The fourth-order valence-corrected chi connectivity index (χ4v) is 3.24. The molecule has 1 atom stereocenters. The first-order chi connectivity index (χ1) is 16.5. The van der Waals surface area contributed by atoms with Crippen LogP contribution >= 0.6 is 0 Å². The Bertz CT molecular complexity index is 1340. The van der Waals surface area contributed by atoms with Crippen LogP contribution in [0, 0.1) is 5.82 Å². The van der Waals surface area contributed by atoms with E-state index in [0.29, 0.717) is 11.3 Å². The third kappa shape index (κ3) is 5.60. The number of carbonyl (C=O) groups excluding carboxylic acids is 2. The van der Waals surface area contributed by atoms with Crippen LogP contribution in [0.3, 0.4) is 0 Å². The molecule has 3 aromatic carbocycles. The second-order valence-electron chi connectivity index (χ2n) is 7.39. The first-order valence-electron chi connectivity index (χ1n) is 10.4. The molecule has 0 aliphatic carbocycles. The molecule has 8 heteroatoms. The molecule has 34 heavy (non-hydrogen) atoms. The van der Waals surface area contributed by atoms with Gasteiger partial charge in [0.25, 0.3) is 11.5 Å². The summed E-state index contributed by atoms with van der Waals surface area (Å²) in [4.78, 5) is 38.1. The monoisotopic (exact) mass is 457 g/mol. The van der Waals surface area contributed by atoms with Crippen LogP contribution < -0.4 is 10.9 Å². The number of hydrogen-bond acceptors (Lipinski definition) is 5. The Kier molecular flexibility index (Phi) is 6.88. The van der Waals surface area contributed by atoms with Crippen LogP contribution in [0.1, 0.15) is 27.7 Å². The Morgan fingerprint density at radius 2 is 1.53 bits per heavy atom. The zero-order valence-electron chi connectivity index (χ0n) is 17.9. The Labute approximate surface area is 194 Å². The lowest BCUT2D eigenvalue weighted by Crippen LogP contribution is -2.28. The Balaban J connectivity index is 1.57. The smallest absolute Gasteiger partial charge is 0.359 e. The number of nitrogens with one attached hydrogen (secondary N) is 1. The molecule has 0 spiro atoms. The lowest BCUT2D eigenvalue weighted by molar-refractivity contribution is -0.125. The number of benzene rings is 3. The van der Waals surface area contributed by atoms with Gasteiger partial charge in [0, 0.05) is 17.3 Å². The van der Waals surface area contributed by atoms with Gasteiger partial charge in [-0.2, -0.15) is 5.10 Å². The molecule has 0 aliphatic rings. The van der Waals surface area contributed by atoms with Crippen LogP contribution in [0.5, 0.6) is 0 Å². The number of rotatable bonds is 7. The van der Waals surface area contributed by atoms with E-state index >= 15 is 0 Å². The minimum atomic E-state index is -1.30. The highest BCUT2D eigenvalue weighted by Gasteiger charge is 2.26. The number of nitrogens with zero attached hydrogens (tertiary/aromatic N) is 2. The first kappa shape index (κ1) is 22.6. The average Bonchev–Trinajstić information content (AvgIpc) is 2.86. The summed E-state index contributed by atoms with van der Waals surface area (Å²) >= 11 is 0. The molecule has 1 amide bonds. The van der Waals surface area contributed by atoms with Gasteiger partial charge in [-0.05, 0) is 35.9 Å². The van der Waals surface area contributed by atoms with Crippen LogP contribution in [-0.2, 0) is 16.1 Å². The van der Waals surface area contributed by atoms with E-state index in [1.54, 1.807) is 30.3 Å². The van der Waals surface area contributed by atoms with Gasteiger partial charge in [-0.15, -0.1) is 0 Å². The second-order valence-corrected chi connectivity index (χ2v) is 7.39. The highest BCUT2D eigenvalue weighted by Crippen LogP contribution is 2.21. The third-order valence-electron chi connectivity index (χ3n) is 4.93. The van der Waals surface area contributed by atoms with Gasteiger partial charge in [0.05, 0.1) is 6.54 Å². The van der Waals surface area contributed by atoms with Crippen molar-refractivity contribution in [3.63, 3.8) is 0 Å². The number of hydrogen-bond donors (Lipinski definition) is 1. The second kappa shape index (κ2) is 10.4. The fourth-order valence-electron chi connectivity index (χ4n) is 3.24. The van der Waals surface area contributed by atoms with Gasteiger partial charge in [0.1, 0.15) is 5.82 Å². The lowest BCUT2D eigenvalue weighted by atomic mass is 10.1. The molecule has 7 nitrogen and oxygen atoms in total. The number of ether oxygens (including phenoxy) is 1. The maximum Gasteiger partial charge on any atom is 0.359 e. The number of amides is 1. The molecule has 0 radical (unpaired) electrons. The van der Waals surface area contributed by atoms with Gasteiger partial charge in [0.15, 0.2) is 5.69 Å². The van der Waals surface area contributed by atoms with Gasteiger partial charge in [-0.1, -0.05) is 60.7 Å². The number of aromatic nitrogens is 2. The number of carbonyl (C=O) groups is 2. The molecule has 0 saturated heterocycles. The topological polar surface area (TPSA) is 90.3 Å². The highest BCUT2D eigenvalue weighted by atomic mass is 19.1. The Morgan fingerprint density at radius 3 is 2.21 bits per heavy atom. The van der Waals surface area contributed by atoms with Crippen molar-refractivity contribution in [2.75, 3.05) is 5.32 Å². The molecule has 1 N–H and O–H groups in total. The average molecular weight is 457 g/mol. The van der Waals surface area contributed by atoms with E-state index in [9.17, 15) is 18.8 Å². The quantitative estimate of drug-likeness (QED) is 0.424. The van der Waals surface area contributed by atoms with E-state index in [2.05, 4.69) is 10.4 Å². The molecule has 1 aromatic heterocycles. The minimum absolute atomic E-state index is 0.119. The zero-order valence-corrected chi connectivity index (χ0v) is 17.9. The predicted octanol–water partition coefficient (Wildman–Crippen LogP) is 3.97. The van der Waals surface area contributed by atoms with Gasteiger partial charge in [-0.3, -0.25) is 9.59 Å². The number of esters is 1. The molecule has 4 rings (SSSR count). The van der Waals surface area contributed by atoms with Crippen molar-refractivity contribution in [2.45, 2.75) is 12.6 Å². The molecule has 4 aromatic rings. The molecule has 0 aliphatic heterocycles. The maximum atomic E-state index is 13.2. The number of halogens is 1. The Morgan fingerprint density at radius 1 is 0.882 bits per heavy atom. The van der Waals surface area contributed by atoms with Crippen LogP contribution in [0.15, 0.2) is 102 Å². The molecule has 170 valence electrons. The summed E-state index contributed by atoms with van der Waals surface area (Å²) in [6.45, 7) is 0.175. The van der Waals surface area contributed by atoms with Gasteiger partial charge in [0.2, 0.25) is 6.10 Å². The molecular weight excluding hydrogens is 437 g/mol. The largest absolute Gasteiger partial charge is 0.442 e. The van der Waals surface area contributed by atoms with Crippen LogP contribution in [0.25, 0.3) is 0 Å². The fraction of sp³-hybridized carbons (Fsp3) is 0.0769. The predicted molar refractivity (Wildman–Crippen MR) is 124 cm³/mol. The Hall–Kier alpha value is -4.59. The van der Waals surface area contributed by atoms with E-state index in [0.717, 1.165) is 10.2 Å². The molecule has 1 heterocycles. The molecule has 1 unspecified atom stereocenters. The summed E-state index contributed by atoms with van der Waals surface area (Å²) in [7, 11) is 0. The summed E-state index contributed by atoms with van der Waals surface area (Å²) in [5, 5.41) is 6.74. The van der Waals surface area contributed by atoms with Gasteiger partial charge < -0.3 is 10.1 Å². The lowest BCUT2D eigenvalue weighted by Gasteiger charge is -2.18. The molecule has 0 saturated carbocycles. The standard InChI is InChI=1S/C26H20FN3O4/c27-20-11-13-21(14-12-20)28-25(32)24(19-9-5-2-6-10-19)34-26(33)22-15-16-23(31)30(29-22)17-18-7-3-1-4-8-18/h1-16,24H,17H2,(H,28,32). The van der Waals surface area contributed by atoms with E-state index in [1.165, 1.54) is 36.4 Å². The van der Waals surface area contributed by atoms with Crippen molar-refractivity contribution in [1.29, 1.82) is 0 Å². The minimum Gasteiger partial charge on any atom is -0.442 e. The van der Waals surface area contributed by atoms with Crippen molar-refractivity contribution >= 4 is 17.6 Å². The van der Waals surface area contributed by atoms with Crippen molar-refractivity contribution in [3.05, 3.63) is 130 Å². The first-order valence-corrected chi connectivity index (χ1v) is 10.4. The van der Waals surface area contributed by atoms with Gasteiger partial charge >= 0.3 is 5.97 Å². The third-order valence-corrected chi connectivity index (χ3v) is 4.93. The normalized spacial score (nSPS) is 11.4. The summed E-state index contributed by atoms with van der Waals surface area (Å²) in [5.74, 6) is -1.94.